The van der Waals surface area contributed by atoms with E-state index in [1.807, 2.05) is 48.5 Å². The number of fused-ring (bicyclic) bond motifs is 1. The maximum atomic E-state index is 12.6. The Kier molecular flexibility index (Phi) is 5.04. The highest BCUT2D eigenvalue weighted by Crippen LogP contribution is 2.26. The Morgan fingerprint density at radius 2 is 1.71 bits per heavy atom. The summed E-state index contributed by atoms with van der Waals surface area (Å²) in [5.74, 6) is 1.85. The van der Waals surface area contributed by atoms with Gasteiger partial charge in [0.1, 0.15) is 29.4 Å². The summed E-state index contributed by atoms with van der Waals surface area (Å²) in [6, 6.07) is 21.5. The number of halogens is 1. The summed E-state index contributed by atoms with van der Waals surface area (Å²) in [4.78, 5) is 12.6. The van der Waals surface area contributed by atoms with Gasteiger partial charge in [-0.25, -0.2) is 0 Å². The second kappa shape index (κ2) is 7.79. The van der Waals surface area contributed by atoms with Gasteiger partial charge in [-0.15, -0.1) is 0 Å². The zero-order valence-electron chi connectivity index (χ0n) is 15.1. The van der Waals surface area contributed by atoms with Gasteiger partial charge in [0.25, 0.3) is 0 Å². The fourth-order valence-electron chi connectivity index (χ4n) is 2.92. The molecule has 0 aliphatic rings. The lowest BCUT2D eigenvalue weighted by molar-refractivity contribution is 0.306. The van der Waals surface area contributed by atoms with Crippen LogP contribution in [0, 0.1) is 0 Å². The molecule has 0 fully saturated rings. The molecule has 0 N–H and O–H groups in total. The standard InChI is InChI=1S/C23H17ClO4/c1-26-18-7-5-16(6-8-18)23-13-21(25)20-12-19(9-10-22(20)28-23)27-14-15-3-2-4-17(24)11-15/h2-13H,14H2,1H3. The third-order valence-corrected chi connectivity index (χ3v) is 4.60. The molecule has 0 saturated heterocycles. The van der Waals surface area contributed by atoms with E-state index in [1.54, 1.807) is 25.3 Å². The highest BCUT2D eigenvalue weighted by atomic mass is 35.5. The average Bonchev–Trinajstić information content (AvgIpc) is 2.72. The molecular weight excluding hydrogens is 376 g/mol. The lowest BCUT2D eigenvalue weighted by atomic mass is 10.1. The molecule has 0 radical (unpaired) electrons. The Morgan fingerprint density at radius 3 is 2.46 bits per heavy atom. The Hall–Kier alpha value is -3.24. The van der Waals surface area contributed by atoms with Crippen molar-refractivity contribution in [2.45, 2.75) is 6.61 Å². The average molecular weight is 393 g/mol. The Balaban J connectivity index is 1.61. The SMILES string of the molecule is COc1ccc(-c2cc(=O)c3cc(OCc4cccc(Cl)c4)ccc3o2)cc1. The van der Waals surface area contributed by atoms with Gasteiger partial charge >= 0.3 is 0 Å². The molecule has 0 amide bonds. The number of benzene rings is 3. The van der Waals surface area contributed by atoms with Gasteiger partial charge in [-0.1, -0.05) is 23.7 Å². The molecule has 1 aromatic heterocycles. The number of hydrogen-bond acceptors (Lipinski definition) is 4. The highest BCUT2D eigenvalue weighted by molar-refractivity contribution is 6.30. The van der Waals surface area contributed by atoms with Gasteiger partial charge in [0, 0.05) is 16.7 Å². The molecule has 4 aromatic rings. The summed E-state index contributed by atoms with van der Waals surface area (Å²) < 4.78 is 16.9. The summed E-state index contributed by atoms with van der Waals surface area (Å²) in [7, 11) is 1.61. The van der Waals surface area contributed by atoms with Gasteiger partial charge in [-0.2, -0.15) is 0 Å². The molecule has 4 rings (SSSR count). The van der Waals surface area contributed by atoms with Gasteiger partial charge < -0.3 is 13.9 Å². The predicted octanol–water partition coefficient (Wildman–Crippen LogP) is 5.70. The van der Waals surface area contributed by atoms with Crippen LogP contribution in [0.5, 0.6) is 11.5 Å². The zero-order valence-corrected chi connectivity index (χ0v) is 15.9. The van der Waals surface area contributed by atoms with Gasteiger partial charge in [0.05, 0.1) is 12.5 Å². The number of rotatable bonds is 5. The molecule has 4 nitrogen and oxygen atoms in total. The van der Waals surface area contributed by atoms with Crippen LogP contribution in [-0.2, 0) is 6.61 Å². The Bertz CT molecular complexity index is 1180. The van der Waals surface area contributed by atoms with E-state index in [4.69, 9.17) is 25.5 Å². The molecule has 0 atom stereocenters. The van der Waals surface area contributed by atoms with Crippen LogP contribution in [0.3, 0.4) is 0 Å². The van der Waals surface area contributed by atoms with Crippen LogP contribution in [0.1, 0.15) is 5.56 Å². The largest absolute Gasteiger partial charge is 0.497 e. The van der Waals surface area contributed by atoms with Crippen molar-refractivity contribution in [3.05, 3.63) is 93.6 Å². The molecule has 3 aromatic carbocycles. The first kappa shape index (κ1) is 18.1. The molecule has 5 heteroatoms. The molecule has 140 valence electrons. The monoisotopic (exact) mass is 392 g/mol. The van der Waals surface area contributed by atoms with Crippen molar-refractivity contribution in [3.8, 4) is 22.8 Å². The van der Waals surface area contributed by atoms with Gasteiger partial charge in [-0.3, -0.25) is 4.79 Å². The maximum Gasteiger partial charge on any atom is 0.193 e. The van der Waals surface area contributed by atoms with Crippen LogP contribution in [0.4, 0.5) is 0 Å². The van der Waals surface area contributed by atoms with E-state index in [9.17, 15) is 4.79 Å². The lowest BCUT2D eigenvalue weighted by Gasteiger charge is -2.08. The summed E-state index contributed by atoms with van der Waals surface area (Å²) in [5.41, 5.74) is 2.14. The van der Waals surface area contributed by atoms with E-state index in [1.165, 1.54) is 6.07 Å². The van der Waals surface area contributed by atoms with Crippen LogP contribution in [0.15, 0.2) is 82.0 Å². The molecule has 0 bridgehead atoms. The van der Waals surface area contributed by atoms with Crippen molar-refractivity contribution in [3.63, 3.8) is 0 Å². The normalized spacial score (nSPS) is 10.8. The second-order valence-corrected chi connectivity index (χ2v) is 6.72. The smallest absolute Gasteiger partial charge is 0.193 e. The highest BCUT2D eigenvalue weighted by Gasteiger charge is 2.09. The van der Waals surface area contributed by atoms with Crippen LogP contribution in [-0.4, -0.2) is 7.11 Å². The second-order valence-electron chi connectivity index (χ2n) is 6.28. The molecule has 28 heavy (non-hydrogen) atoms. The van der Waals surface area contributed by atoms with E-state index < -0.39 is 0 Å². The van der Waals surface area contributed by atoms with E-state index in [0.29, 0.717) is 34.1 Å². The van der Waals surface area contributed by atoms with E-state index in [0.717, 1.165) is 16.9 Å². The van der Waals surface area contributed by atoms with Crippen molar-refractivity contribution < 1.29 is 13.9 Å². The zero-order chi connectivity index (χ0) is 19.5. The van der Waals surface area contributed by atoms with Crippen LogP contribution < -0.4 is 14.9 Å². The van der Waals surface area contributed by atoms with Crippen molar-refractivity contribution in [1.82, 2.24) is 0 Å². The van der Waals surface area contributed by atoms with Gasteiger partial charge in [-0.05, 0) is 60.2 Å². The van der Waals surface area contributed by atoms with E-state index in [-0.39, 0.29) is 5.43 Å². The molecule has 0 spiro atoms. The Morgan fingerprint density at radius 1 is 0.929 bits per heavy atom. The fraction of sp³-hybridized carbons (Fsp3) is 0.0870. The lowest BCUT2D eigenvalue weighted by Crippen LogP contribution is -2.02. The molecule has 1 heterocycles. The molecule has 0 aliphatic carbocycles. The maximum absolute atomic E-state index is 12.6. The topological polar surface area (TPSA) is 48.7 Å². The first-order chi connectivity index (χ1) is 13.6. The predicted molar refractivity (Wildman–Crippen MR) is 110 cm³/mol. The summed E-state index contributed by atoms with van der Waals surface area (Å²) in [6.45, 7) is 0.362. The molecule has 0 aliphatic heterocycles. The molecular formula is C23H17ClO4. The van der Waals surface area contributed by atoms with Crippen molar-refractivity contribution >= 4 is 22.6 Å². The number of hydrogen-bond donors (Lipinski definition) is 0. The Labute approximate surface area is 166 Å². The summed E-state index contributed by atoms with van der Waals surface area (Å²) in [6.07, 6.45) is 0. The quantitative estimate of drug-likeness (QED) is 0.437. The third-order valence-electron chi connectivity index (χ3n) is 4.37. The minimum absolute atomic E-state index is 0.125. The first-order valence-corrected chi connectivity index (χ1v) is 9.10. The van der Waals surface area contributed by atoms with Crippen molar-refractivity contribution in [2.24, 2.45) is 0 Å². The number of methoxy groups -OCH3 is 1. The summed E-state index contributed by atoms with van der Waals surface area (Å²) >= 11 is 5.99. The van der Waals surface area contributed by atoms with Crippen molar-refractivity contribution in [1.29, 1.82) is 0 Å². The van der Waals surface area contributed by atoms with Crippen LogP contribution in [0.25, 0.3) is 22.3 Å². The van der Waals surface area contributed by atoms with Crippen LogP contribution >= 0.6 is 11.6 Å². The third kappa shape index (κ3) is 3.87. The number of ether oxygens (including phenoxy) is 2. The molecule has 0 saturated carbocycles. The van der Waals surface area contributed by atoms with Crippen LogP contribution in [0.2, 0.25) is 5.02 Å². The van der Waals surface area contributed by atoms with Gasteiger partial charge in [0.2, 0.25) is 0 Å². The summed E-state index contributed by atoms with van der Waals surface area (Å²) in [5, 5.41) is 1.13. The van der Waals surface area contributed by atoms with E-state index in [2.05, 4.69) is 0 Å². The molecule has 0 unspecified atom stereocenters. The minimum Gasteiger partial charge on any atom is -0.497 e. The fourth-order valence-corrected chi connectivity index (χ4v) is 3.13. The minimum atomic E-state index is -0.125. The first-order valence-electron chi connectivity index (χ1n) is 8.72. The van der Waals surface area contributed by atoms with Gasteiger partial charge in [0.15, 0.2) is 5.43 Å². The van der Waals surface area contributed by atoms with Crippen molar-refractivity contribution in [2.75, 3.05) is 7.11 Å². The van der Waals surface area contributed by atoms with E-state index >= 15 is 0 Å².